The van der Waals surface area contributed by atoms with E-state index in [2.05, 4.69) is 4.74 Å². The zero-order chi connectivity index (χ0) is 18.2. The van der Waals surface area contributed by atoms with Crippen molar-refractivity contribution in [2.75, 3.05) is 6.54 Å². The average molecular weight is 357 g/mol. The minimum absolute atomic E-state index is 0.293. The van der Waals surface area contributed by atoms with E-state index < -0.39 is 24.3 Å². The van der Waals surface area contributed by atoms with Crippen LogP contribution < -0.4 is 4.74 Å². The van der Waals surface area contributed by atoms with E-state index in [1.807, 2.05) is 0 Å². The van der Waals surface area contributed by atoms with E-state index >= 15 is 0 Å². The SMILES string of the molecule is O=C(O)C1CCCCN1C(=O)C1CC1c1ccccc1OC(F)(F)F. The van der Waals surface area contributed by atoms with Crippen molar-refractivity contribution >= 4 is 11.9 Å². The summed E-state index contributed by atoms with van der Waals surface area (Å²) in [7, 11) is 0. The predicted molar refractivity (Wildman–Crippen MR) is 81.0 cm³/mol. The number of carbonyl (C=O) groups is 2. The zero-order valence-corrected chi connectivity index (χ0v) is 13.3. The molecule has 136 valence electrons. The van der Waals surface area contributed by atoms with E-state index in [1.165, 1.54) is 23.1 Å². The van der Waals surface area contributed by atoms with Crippen molar-refractivity contribution in [2.45, 2.75) is 44.0 Å². The van der Waals surface area contributed by atoms with Gasteiger partial charge in [0.05, 0.1) is 0 Å². The van der Waals surface area contributed by atoms with Crippen LogP contribution in [0.25, 0.3) is 0 Å². The normalized spacial score (nSPS) is 26.2. The average Bonchev–Trinajstić information content (AvgIpc) is 3.33. The number of carboxylic acid groups (broad SMARTS) is 1. The van der Waals surface area contributed by atoms with Crippen LogP contribution in [0.1, 0.15) is 37.2 Å². The van der Waals surface area contributed by atoms with Crippen LogP contribution in [0.3, 0.4) is 0 Å². The van der Waals surface area contributed by atoms with Gasteiger partial charge in [-0.1, -0.05) is 18.2 Å². The molecule has 1 aromatic rings. The summed E-state index contributed by atoms with van der Waals surface area (Å²) in [5, 5.41) is 9.28. The highest BCUT2D eigenvalue weighted by molar-refractivity contribution is 5.88. The summed E-state index contributed by atoms with van der Waals surface area (Å²) < 4.78 is 41.6. The number of piperidine rings is 1. The van der Waals surface area contributed by atoms with Gasteiger partial charge in [-0.3, -0.25) is 4.79 Å². The van der Waals surface area contributed by atoms with Gasteiger partial charge in [0.2, 0.25) is 5.91 Å². The Labute approximate surface area is 142 Å². The lowest BCUT2D eigenvalue weighted by Crippen LogP contribution is -2.48. The van der Waals surface area contributed by atoms with Crippen LogP contribution in [0.4, 0.5) is 13.2 Å². The van der Waals surface area contributed by atoms with E-state index in [-0.39, 0.29) is 17.6 Å². The molecule has 1 saturated carbocycles. The molecule has 1 aliphatic carbocycles. The lowest BCUT2D eigenvalue weighted by Gasteiger charge is -2.33. The largest absolute Gasteiger partial charge is 0.573 e. The van der Waals surface area contributed by atoms with Crippen LogP contribution in [-0.4, -0.2) is 40.8 Å². The third-order valence-corrected chi connectivity index (χ3v) is 4.72. The van der Waals surface area contributed by atoms with Crippen molar-refractivity contribution in [3.05, 3.63) is 29.8 Å². The first kappa shape index (κ1) is 17.6. The van der Waals surface area contributed by atoms with Crippen molar-refractivity contribution in [3.63, 3.8) is 0 Å². The molecule has 3 rings (SSSR count). The van der Waals surface area contributed by atoms with E-state index in [1.54, 1.807) is 6.07 Å². The highest BCUT2D eigenvalue weighted by Gasteiger charge is 2.49. The Balaban J connectivity index is 1.74. The van der Waals surface area contributed by atoms with E-state index in [0.717, 1.165) is 12.8 Å². The van der Waals surface area contributed by atoms with Gasteiger partial charge in [0, 0.05) is 12.5 Å². The van der Waals surface area contributed by atoms with Crippen LogP contribution in [0.5, 0.6) is 5.75 Å². The van der Waals surface area contributed by atoms with Crippen molar-refractivity contribution in [3.8, 4) is 5.75 Å². The molecule has 8 heteroatoms. The third kappa shape index (κ3) is 3.88. The number of amides is 1. The highest BCUT2D eigenvalue weighted by Crippen LogP contribution is 2.52. The Kier molecular flexibility index (Phi) is 4.62. The molecular formula is C17H18F3NO4. The van der Waals surface area contributed by atoms with Crippen molar-refractivity contribution in [1.82, 2.24) is 4.90 Å². The van der Waals surface area contributed by atoms with Crippen molar-refractivity contribution in [2.24, 2.45) is 5.92 Å². The quantitative estimate of drug-likeness (QED) is 0.899. The Morgan fingerprint density at radius 1 is 1.20 bits per heavy atom. The Morgan fingerprint density at radius 3 is 2.60 bits per heavy atom. The summed E-state index contributed by atoms with van der Waals surface area (Å²) in [6, 6.07) is 4.94. The monoisotopic (exact) mass is 357 g/mol. The number of nitrogens with zero attached hydrogens (tertiary/aromatic N) is 1. The molecule has 1 saturated heterocycles. The van der Waals surface area contributed by atoms with Gasteiger partial charge < -0.3 is 14.7 Å². The fourth-order valence-electron chi connectivity index (χ4n) is 3.48. The number of hydrogen-bond acceptors (Lipinski definition) is 3. The number of carboxylic acids is 1. The molecule has 2 aliphatic rings. The fourth-order valence-corrected chi connectivity index (χ4v) is 3.48. The second-order valence-electron chi connectivity index (χ2n) is 6.42. The number of hydrogen-bond donors (Lipinski definition) is 1. The molecule has 0 aromatic heterocycles. The van der Waals surface area contributed by atoms with Gasteiger partial charge in [-0.15, -0.1) is 13.2 Å². The fraction of sp³-hybridized carbons (Fsp3) is 0.529. The van der Waals surface area contributed by atoms with Gasteiger partial charge in [0.1, 0.15) is 11.8 Å². The summed E-state index contributed by atoms with van der Waals surface area (Å²) in [4.78, 5) is 25.4. The van der Waals surface area contributed by atoms with Gasteiger partial charge in [-0.05, 0) is 43.2 Å². The molecule has 1 heterocycles. The molecule has 2 fully saturated rings. The molecule has 1 aromatic carbocycles. The number of alkyl halides is 3. The van der Waals surface area contributed by atoms with Crippen LogP contribution >= 0.6 is 0 Å². The van der Waals surface area contributed by atoms with E-state index in [4.69, 9.17) is 0 Å². The zero-order valence-electron chi connectivity index (χ0n) is 13.3. The summed E-state index contributed by atoms with van der Waals surface area (Å²) in [6.45, 7) is 0.375. The number of ether oxygens (including phenoxy) is 1. The number of halogens is 3. The predicted octanol–water partition coefficient (Wildman–Crippen LogP) is 3.15. The number of para-hydroxylation sites is 1. The summed E-state index contributed by atoms with van der Waals surface area (Å²) in [5.74, 6) is -2.49. The molecule has 5 nitrogen and oxygen atoms in total. The molecule has 1 aliphatic heterocycles. The Bertz CT molecular complexity index is 676. The smallest absolute Gasteiger partial charge is 0.480 e. The minimum Gasteiger partial charge on any atom is -0.480 e. The number of aliphatic carboxylic acids is 1. The molecule has 1 amide bonds. The molecule has 3 unspecified atom stereocenters. The molecule has 25 heavy (non-hydrogen) atoms. The number of rotatable bonds is 4. The first-order chi connectivity index (χ1) is 11.8. The first-order valence-electron chi connectivity index (χ1n) is 8.16. The van der Waals surface area contributed by atoms with Gasteiger partial charge in [0.15, 0.2) is 0 Å². The van der Waals surface area contributed by atoms with Gasteiger partial charge >= 0.3 is 12.3 Å². The number of carbonyl (C=O) groups excluding carboxylic acids is 1. The maximum atomic E-state index is 12.7. The Morgan fingerprint density at radius 2 is 1.92 bits per heavy atom. The lowest BCUT2D eigenvalue weighted by molar-refractivity contribution is -0.274. The second-order valence-corrected chi connectivity index (χ2v) is 6.42. The van der Waals surface area contributed by atoms with Crippen molar-refractivity contribution in [1.29, 1.82) is 0 Å². The molecule has 0 spiro atoms. The molecule has 0 radical (unpaired) electrons. The van der Waals surface area contributed by atoms with Crippen molar-refractivity contribution < 1.29 is 32.6 Å². The van der Waals surface area contributed by atoms with E-state index in [0.29, 0.717) is 24.9 Å². The molecular weight excluding hydrogens is 339 g/mol. The first-order valence-corrected chi connectivity index (χ1v) is 8.16. The van der Waals surface area contributed by atoms with Gasteiger partial charge in [-0.25, -0.2) is 4.79 Å². The standard InChI is InChI=1S/C17H18F3NO4/c18-17(19,20)25-14-7-2-1-5-10(14)11-9-12(11)15(22)21-8-4-3-6-13(21)16(23)24/h1-2,5,7,11-13H,3-4,6,8-9H2,(H,23,24). The summed E-state index contributed by atoms with van der Waals surface area (Å²) in [5.41, 5.74) is 0.335. The maximum absolute atomic E-state index is 12.7. The van der Waals surface area contributed by atoms with Crippen LogP contribution in [0.2, 0.25) is 0 Å². The maximum Gasteiger partial charge on any atom is 0.573 e. The van der Waals surface area contributed by atoms with Gasteiger partial charge in [0.25, 0.3) is 0 Å². The third-order valence-electron chi connectivity index (χ3n) is 4.72. The topological polar surface area (TPSA) is 66.8 Å². The number of likely N-dealkylation sites (tertiary alicyclic amines) is 1. The minimum atomic E-state index is -4.80. The van der Waals surface area contributed by atoms with Crippen LogP contribution in [-0.2, 0) is 9.59 Å². The van der Waals surface area contributed by atoms with Gasteiger partial charge in [-0.2, -0.15) is 0 Å². The highest BCUT2D eigenvalue weighted by atomic mass is 19.4. The van der Waals surface area contributed by atoms with Crippen LogP contribution in [0, 0.1) is 5.92 Å². The number of benzene rings is 1. The van der Waals surface area contributed by atoms with E-state index in [9.17, 15) is 27.9 Å². The molecule has 0 bridgehead atoms. The lowest BCUT2D eigenvalue weighted by atomic mass is 10.0. The summed E-state index contributed by atoms with van der Waals surface area (Å²) in [6.07, 6.45) is -2.50. The molecule has 1 N–H and O–H groups in total. The molecule has 3 atom stereocenters. The summed E-state index contributed by atoms with van der Waals surface area (Å²) >= 11 is 0. The second kappa shape index (κ2) is 6.57. The Hall–Kier alpha value is -2.25. The van der Waals surface area contributed by atoms with Crippen LogP contribution in [0.15, 0.2) is 24.3 Å².